The highest BCUT2D eigenvalue weighted by atomic mass is 15.1. The first-order valence-corrected chi connectivity index (χ1v) is 6.55. The Morgan fingerprint density at radius 3 is 1.85 bits per heavy atom. The van der Waals surface area contributed by atoms with Gasteiger partial charge in [0.15, 0.2) is 0 Å². The van der Waals surface area contributed by atoms with Gasteiger partial charge in [-0.05, 0) is 23.8 Å². The number of hydrogen-bond acceptors (Lipinski definition) is 2. The molecule has 0 saturated carbocycles. The summed E-state index contributed by atoms with van der Waals surface area (Å²) in [6.07, 6.45) is 0. The minimum absolute atomic E-state index is 0.857. The topological polar surface area (TPSA) is 24.7 Å². The molecule has 0 aromatic heterocycles. The monoisotopic (exact) mass is 258 g/mol. The van der Waals surface area contributed by atoms with Crippen LogP contribution in [0.5, 0.6) is 0 Å². The highest BCUT2D eigenvalue weighted by Crippen LogP contribution is 2.30. The van der Waals surface area contributed by atoms with Crippen LogP contribution in [0.2, 0.25) is 0 Å². The lowest BCUT2D eigenvalue weighted by Crippen LogP contribution is -1.77. The van der Waals surface area contributed by atoms with Crippen molar-refractivity contribution in [2.45, 2.75) is 0 Å². The minimum atomic E-state index is 0.857. The second kappa shape index (κ2) is 5.93. The average molecular weight is 258 g/mol. The summed E-state index contributed by atoms with van der Waals surface area (Å²) in [5.41, 5.74) is 3.97. The van der Waals surface area contributed by atoms with E-state index < -0.39 is 0 Å². The molecule has 2 nitrogen and oxygen atoms in total. The molecule has 0 atom stereocenters. The van der Waals surface area contributed by atoms with Gasteiger partial charge in [0.25, 0.3) is 0 Å². The van der Waals surface area contributed by atoms with E-state index >= 15 is 0 Å². The molecule has 3 aromatic carbocycles. The van der Waals surface area contributed by atoms with Gasteiger partial charge in [0.2, 0.25) is 0 Å². The van der Waals surface area contributed by atoms with Crippen LogP contribution < -0.4 is 0 Å². The quantitative estimate of drug-likeness (QED) is 0.533. The lowest BCUT2D eigenvalue weighted by Gasteiger charge is -2.04. The second-order valence-electron chi connectivity index (χ2n) is 4.42. The SMILES string of the molecule is c1ccc(N=Nc2ccccc2-c2ccccc2)cc1. The van der Waals surface area contributed by atoms with E-state index in [-0.39, 0.29) is 0 Å². The van der Waals surface area contributed by atoms with Gasteiger partial charge in [0, 0.05) is 5.56 Å². The summed E-state index contributed by atoms with van der Waals surface area (Å²) in [7, 11) is 0. The molecule has 0 amide bonds. The molecule has 0 N–H and O–H groups in total. The van der Waals surface area contributed by atoms with Crippen molar-refractivity contribution in [1.82, 2.24) is 0 Å². The summed E-state index contributed by atoms with van der Waals surface area (Å²) in [6.45, 7) is 0. The van der Waals surface area contributed by atoms with Gasteiger partial charge in [-0.1, -0.05) is 66.7 Å². The maximum Gasteiger partial charge on any atom is 0.0935 e. The van der Waals surface area contributed by atoms with Crippen LogP contribution >= 0.6 is 0 Å². The number of nitrogens with zero attached hydrogens (tertiary/aromatic N) is 2. The van der Waals surface area contributed by atoms with Gasteiger partial charge >= 0.3 is 0 Å². The fourth-order valence-corrected chi connectivity index (χ4v) is 2.03. The fraction of sp³-hybridized carbons (Fsp3) is 0. The maximum absolute atomic E-state index is 4.38. The van der Waals surface area contributed by atoms with Crippen molar-refractivity contribution >= 4 is 11.4 Å². The van der Waals surface area contributed by atoms with Crippen molar-refractivity contribution in [2.75, 3.05) is 0 Å². The lowest BCUT2D eigenvalue weighted by atomic mass is 10.0. The zero-order chi connectivity index (χ0) is 13.6. The summed E-state index contributed by atoms with van der Waals surface area (Å²) < 4.78 is 0. The van der Waals surface area contributed by atoms with Crippen molar-refractivity contribution in [3.63, 3.8) is 0 Å². The van der Waals surface area contributed by atoms with E-state index in [9.17, 15) is 0 Å². The molecule has 0 heterocycles. The molecule has 3 aromatic rings. The van der Waals surface area contributed by atoms with E-state index in [0.29, 0.717) is 0 Å². The summed E-state index contributed by atoms with van der Waals surface area (Å²) in [4.78, 5) is 0. The Morgan fingerprint density at radius 2 is 1.10 bits per heavy atom. The molecule has 0 spiro atoms. The summed E-state index contributed by atoms with van der Waals surface area (Å²) in [5.74, 6) is 0. The highest BCUT2D eigenvalue weighted by molar-refractivity contribution is 5.75. The van der Waals surface area contributed by atoms with E-state index in [0.717, 1.165) is 22.5 Å². The first-order valence-electron chi connectivity index (χ1n) is 6.55. The molecular formula is C18H14N2. The average Bonchev–Trinajstić information content (AvgIpc) is 2.55. The summed E-state index contributed by atoms with van der Waals surface area (Å²) in [5, 5.41) is 8.67. The molecular weight excluding hydrogens is 244 g/mol. The molecule has 0 unspecified atom stereocenters. The Kier molecular flexibility index (Phi) is 3.65. The molecule has 0 fully saturated rings. The van der Waals surface area contributed by atoms with Crippen molar-refractivity contribution in [3.8, 4) is 11.1 Å². The Bertz CT molecular complexity index is 704. The highest BCUT2D eigenvalue weighted by Gasteiger charge is 2.02. The van der Waals surface area contributed by atoms with Gasteiger partial charge in [-0.15, -0.1) is 5.11 Å². The van der Waals surface area contributed by atoms with Crippen LogP contribution in [0.25, 0.3) is 11.1 Å². The van der Waals surface area contributed by atoms with Crippen LogP contribution in [0.3, 0.4) is 0 Å². The molecule has 0 aliphatic rings. The smallest absolute Gasteiger partial charge is 0.0935 e. The van der Waals surface area contributed by atoms with Crippen LogP contribution in [-0.2, 0) is 0 Å². The zero-order valence-electron chi connectivity index (χ0n) is 11.0. The van der Waals surface area contributed by atoms with Crippen molar-refractivity contribution in [1.29, 1.82) is 0 Å². The Balaban J connectivity index is 1.97. The number of azo groups is 1. The van der Waals surface area contributed by atoms with Gasteiger partial charge in [-0.25, -0.2) is 0 Å². The Labute approximate surface area is 118 Å². The van der Waals surface area contributed by atoms with Crippen LogP contribution in [0, 0.1) is 0 Å². The predicted molar refractivity (Wildman–Crippen MR) is 82.5 cm³/mol. The van der Waals surface area contributed by atoms with E-state index in [1.54, 1.807) is 0 Å². The molecule has 2 heteroatoms. The standard InChI is InChI=1S/C18H14N2/c1-3-9-15(10-4-1)17-13-7-8-14-18(17)20-19-16-11-5-2-6-12-16/h1-14H. The third-order valence-corrected chi connectivity index (χ3v) is 3.02. The van der Waals surface area contributed by atoms with Gasteiger partial charge in [-0.3, -0.25) is 0 Å². The maximum atomic E-state index is 4.38. The molecule has 0 saturated heterocycles. The molecule has 0 aliphatic heterocycles. The predicted octanol–water partition coefficient (Wildman–Crippen LogP) is 5.77. The molecule has 96 valence electrons. The van der Waals surface area contributed by atoms with E-state index in [1.165, 1.54) is 0 Å². The minimum Gasteiger partial charge on any atom is -0.151 e. The fourth-order valence-electron chi connectivity index (χ4n) is 2.03. The first kappa shape index (κ1) is 12.3. The Morgan fingerprint density at radius 1 is 0.500 bits per heavy atom. The van der Waals surface area contributed by atoms with Gasteiger partial charge < -0.3 is 0 Å². The molecule has 0 aliphatic carbocycles. The molecule has 0 radical (unpaired) electrons. The second-order valence-corrected chi connectivity index (χ2v) is 4.42. The van der Waals surface area contributed by atoms with E-state index in [4.69, 9.17) is 0 Å². The van der Waals surface area contributed by atoms with Crippen molar-refractivity contribution < 1.29 is 0 Å². The summed E-state index contributed by atoms with van der Waals surface area (Å²) in [6, 6.07) is 28.0. The third-order valence-electron chi connectivity index (χ3n) is 3.02. The van der Waals surface area contributed by atoms with E-state index in [1.807, 2.05) is 66.7 Å². The van der Waals surface area contributed by atoms with Gasteiger partial charge in [0.1, 0.15) is 0 Å². The first-order chi connectivity index (χ1) is 9.93. The molecule has 20 heavy (non-hydrogen) atoms. The van der Waals surface area contributed by atoms with Crippen LogP contribution in [-0.4, -0.2) is 0 Å². The molecule has 3 rings (SSSR count). The van der Waals surface area contributed by atoms with Gasteiger partial charge in [0.05, 0.1) is 11.4 Å². The van der Waals surface area contributed by atoms with Crippen LogP contribution in [0.4, 0.5) is 11.4 Å². The third kappa shape index (κ3) is 2.81. The number of rotatable bonds is 3. The van der Waals surface area contributed by atoms with E-state index in [2.05, 4.69) is 28.4 Å². The lowest BCUT2D eigenvalue weighted by molar-refractivity contribution is 1.23. The van der Waals surface area contributed by atoms with Crippen molar-refractivity contribution in [2.24, 2.45) is 10.2 Å². The van der Waals surface area contributed by atoms with Crippen LogP contribution in [0.15, 0.2) is 95.2 Å². The zero-order valence-corrected chi connectivity index (χ0v) is 11.0. The van der Waals surface area contributed by atoms with Crippen molar-refractivity contribution in [3.05, 3.63) is 84.9 Å². The Hall–Kier alpha value is -2.74. The number of hydrogen-bond donors (Lipinski definition) is 0. The summed E-state index contributed by atoms with van der Waals surface area (Å²) >= 11 is 0. The van der Waals surface area contributed by atoms with Gasteiger partial charge in [-0.2, -0.15) is 5.11 Å². The number of benzene rings is 3. The molecule has 0 bridgehead atoms. The van der Waals surface area contributed by atoms with Crippen LogP contribution in [0.1, 0.15) is 0 Å². The normalized spacial score (nSPS) is 10.8. The largest absolute Gasteiger partial charge is 0.151 e.